The van der Waals surface area contributed by atoms with E-state index in [-0.39, 0.29) is 11.5 Å². The number of methoxy groups -OCH3 is 1. The molecule has 0 heterocycles. The molecule has 0 radical (unpaired) electrons. The van der Waals surface area contributed by atoms with E-state index >= 15 is 0 Å². The third-order valence-corrected chi connectivity index (χ3v) is 10.1. The fraction of sp³-hybridized carbons (Fsp3) is 0.600. The smallest absolute Gasteiger partial charge is 0.119 e. The second kappa shape index (κ2) is 12.3. The molecule has 5 atom stereocenters. The van der Waals surface area contributed by atoms with Crippen molar-refractivity contribution >= 4 is 6.08 Å². The third-order valence-electron chi connectivity index (χ3n) is 10.1. The molecule has 0 spiro atoms. The molecular weight excluding hydrogens is 468 g/mol. The van der Waals surface area contributed by atoms with E-state index in [1.165, 1.54) is 73.6 Å². The Morgan fingerprint density at radius 1 is 0.947 bits per heavy atom. The van der Waals surface area contributed by atoms with Crippen molar-refractivity contribution in [3.8, 4) is 11.5 Å². The SMILES string of the molecule is CCCCCCCCCOc1ccc(/C=C2\C[C@H]3[C@@H]4CCc5cc(OC)ccc5[C@H]4CC[C@]3(C)[C@H]2O)cc1. The van der Waals surface area contributed by atoms with E-state index in [9.17, 15) is 5.11 Å². The lowest BCUT2D eigenvalue weighted by molar-refractivity contribution is -0.0158. The summed E-state index contributed by atoms with van der Waals surface area (Å²) < 4.78 is 11.5. The summed E-state index contributed by atoms with van der Waals surface area (Å²) in [5.41, 5.74) is 5.37. The van der Waals surface area contributed by atoms with Crippen LogP contribution in [-0.2, 0) is 6.42 Å². The van der Waals surface area contributed by atoms with Gasteiger partial charge in [-0.1, -0.05) is 76.6 Å². The predicted octanol–water partition coefficient (Wildman–Crippen LogP) is 8.74. The lowest BCUT2D eigenvalue weighted by atomic mass is 9.55. The Morgan fingerprint density at radius 3 is 2.45 bits per heavy atom. The second-order valence-electron chi connectivity index (χ2n) is 12.4. The number of hydrogen-bond donors (Lipinski definition) is 1. The highest BCUT2D eigenvalue weighted by molar-refractivity contribution is 5.56. The summed E-state index contributed by atoms with van der Waals surface area (Å²) in [6.07, 6.45) is 16.6. The van der Waals surface area contributed by atoms with Crippen LogP contribution < -0.4 is 9.47 Å². The molecule has 206 valence electrons. The van der Waals surface area contributed by atoms with Crippen molar-refractivity contribution in [2.45, 2.75) is 103 Å². The highest BCUT2D eigenvalue weighted by atomic mass is 16.5. The maximum Gasteiger partial charge on any atom is 0.119 e. The average Bonchev–Trinajstić information content (AvgIpc) is 3.20. The van der Waals surface area contributed by atoms with Gasteiger partial charge in [0.15, 0.2) is 0 Å². The average molecular weight is 517 g/mol. The number of fused-ring (bicyclic) bond motifs is 5. The van der Waals surface area contributed by atoms with Crippen LogP contribution in [-0.4, -0.2) is 24.9 Å². The van der Waals surface area contributed by atoms with Crippen LogP contribution in [0.25, 0.3) is 6.08 Å². The molecule has 1 N–H and O–H groups in total. The number of aliphatic hydroxyl groups is 1. The number of benzene rings is 2. The molecule has 2 aromatic rings. The molecule has 0 aliphatic heterocycles. The molecule has 2 saturated carbocycles. The Kier molecular flexibility index (Phi) is 8.83. The Balaban J connectivity index is 1.19. The summed E-state index contributed by atoms with van der Waals surface area (Å²) >= 11 is 0. The van der Waals surface area contributed by atoms with Crippen LogP contribution >= 0.6 is 0 Å². The summed E-state index contributed by atoms with van der Waals surface area (Å²) in [6.45, 7) is 5.41. The van der Waals surface area contributed by atoms with Crippen LogP contribution in [0.2, 0.25) is 0 Å². The van der Waals surface area contributed by atoms with Crippen molar-refractivity contribution < 1.29 is 14.6 Å². The van der Waals surface area contributed by atoms with E-state index in [4.69, 9.17) is 9.47 Å². The van der Waals surface area contributed by atoms with Gasteiger partial charge in [-0.2, -0.15) is 0 Å². The molecule has 3 heteroatoms. The van der Waals surface area contributed by atoms with Crippen molar-refractivity contribution in [1.29, 1.82) is 0 Å². The number of unbranched alkanes of at least 4 members (excludes halogenated alkanes) is 6. The Morgan fingerprint density at radius 2 is 1.68 bits per heavy atom. The zero-order chi connectivity index (χ0) is 26.5. The minimum absolute atomic E-state index is 0.0173. The summed E-state index contributed by atoms with van der Waals surface area (Å²) in [6, 6.07) is 15.2. The molecule has 0 bridgehead atoms. The molecule has 0 saturated heterocycles. The maximum absolute atomic E-state index is 11.5. The molecule has 0 aromatic heterocycles. The lowest BCUT2D eigenvalue weighted by Gasteiger charge is -2.49. The Labute approximate surface area is 230 Å². The highest BCUT2D eigenvalue weighted by Gasteiger charge is 2.56. The molecule has 38 heavy (non-hydrogen) atoms. The summed E-state index contributed by atoms with van der Waals surface area (Å²) in [4.78, 5) is 0. The zero-order valence-corrected chi connectivity index (χ0v) is 23.9. The van der Waals surface area contributed by atoms with Crippen LogP contribution in [0, 0.1) is 17.3 Å². The van der Waals surface area contributed by atoms with E-state index in [0.717, 1.165) is 43.8 Å². The first-order chi connectivity index (χ1) is 18.5. The summed E-state index contributed by atoms with van der Waals surface area (Å²) in [5, 5.41) is 11.5. The third kappa shape index (κ3) is 5.69. The van der Waals surface area contributed by atoms with Crippen LogP contribution in [0.5, 0.6) is 11.5 Å². The van der Waals surface area contributed by atoms with Crippen molar-refractivity contribution in [3.05, 3.63) is 64.7 Å². The number of aryl methyl sites for hydroxylation is 1. The van der Waals surface area contributed by atoms with Gasteiger partial charge in [0, 0.05) is 5.41 Å². The fourth-order valence-electron chi connectivity index (χ4n) is 7.81. The molecule has 5 rings (SSSR count). The van der Waals surface area contributed by atoms with Gasteiger partial charge in [-0.05, 0) is 103 Å². The van der Waals surface area contributed by atoms with Crippen LogP contribution in [0.3, 0.4) is 0 Å². The first kappa shape index (κ1) is 27.3. The molecular formula is C35H48O3. The van der Waals surface area contributed by atoms with E-state index in [1.807, 2.05) is 0 Å². The normalized spacial score (nSPS) is 29.0. The van der Waals surface area contributed by atoms with Crippen molar-refractivity contribution in [1.82, 2.24) is 0 Å². The monoisotopic (exact) mass is 516 g/mol. The van der Waals surface area contributed by atoms with Crippen LogP contribution in [0.1, 0.15) is 107 Å². The van der Waals surface area contributed by atoms with Crippen molar-refractivity contribution in [3.63, 3.8) is 0 Å². The molecule has 3 aliphatic rings. The number of aliphatic hydroxyl groups excluding tert-OH is 1. The molecule has 3 nitrogen and oxygen atoms in total. The summed E-state index contributed by atoms with van der Waals surface area (Å²) in [7, 11) is 1.75. The van der Waals surface area contributed by atoms with Gasteiger partial charge >= 0.3 is 0 Å². The Bertz CT molecular complexity index is 1090. The molecule has 2 fully saturated rings. The number of ether oxygens (including phenoxy) is 2. The molecule has 3 aliphatic carbocycles. The topological polar surface area (TPSA) is 38.7 Å². The van der Waals surface area contributed by atoms with Crippen molar-refractivity contribution in [2.75, 3.05) is 13.7 Å². The highest BCUT2D eigenvalue weighted by Crippen LogP contribution is 2.62. The predicted molar refractivity (Wildman–Crippen MR) is 157 cm³/mol. The molecule has 0 amide bonds. The second-order valence-corrected chi connectivity index (χ2v) is 12.4. The van der Waals surface area contributed by atoms with Gasteiger partial charge in [-0.15, -0.1) is 0 Å². The summed E-state index contributed by atoms with van der Waals surface area (Å²) in [5.74, 6) is 3.73. The van der Waals surface area contributed by atoms with Crippen LogP contribution in [0.15, 0.2) is 48.0 Å². The van der Waals surface area contributed by atoms with E-state index < -0.39 is 0 Å². The van der Waals surface area contributed by atoms with Crippen molar-refractivity contribution in [2.24, 2.45) is 17.3 Å². The van der Waals surface area contributed by atoms with E-state index in [2.05, 4.69) is 62.4 Å². The standard InChI is InChI=1S/C35H48O3/c1-4-5-6-7-8-9-10-21-38-28-14-11-25(12-15-28)22-27-24-33-32-17-13-26-23-29(37-3)16-18-30(26)31(32)19-20-35(33,2)34(27)36/h11-12,14-16,18,22-23,31-34,36H,4-10,13,17,19-21,24H2,1-3H3/b27-22+/t31-,32-,33+,34+,35+/m1/s1. The van der Waals surface area contributed by atoms with E-state index in [0.29, 0.717) is 17.8 Å². The van der Waals surface area contributed by atoms with Crippen LogP contribution in [0.4, 0.5) is 0 Å². The lowest BCUT2D eigenvalue weighted by Crippen LogP contribution is -2.44. The fourth-order valence-corrected chi connectivity index (χ4v) is 7.81. The first-order valence-corrected chi connectivity index (χ1v) is 15.3. The van der Waals surface area contributed by atoms with Gasteiger partial charge in [-0.3, -0.25) is 0 Å². The van der Waals surface area contributed by atoms with Gasteiger partial charge in [0.25, 0.3) is 0 Å². The largest absolute Gasteiger partial charge is 0.497 e. The minimum Gasteiger partial charge on any atom is -0.497 e. The first-order valence-electron chi connectivity index (χ1n) is 15.3. The van der Waals surface area contributed by atoms with Gasteiger partial charge in [-0.25, -0.2) is 0 Å². The van der Waals surface area contributed by atoms with Gasteiger partial charge < -0.3 is 14.6 Å². The quantitative estimate of drug-likeness (QED) is 0.303. The van der Waals surface area contributed by atoms with E-state index in [1.54, 1.807) is 7.11 Å². The van der Waals surface area contributed by atoms with Gasteiger partial charge in [0.1, 0.15) is 11.5 Å². The number of rotatable bonds is 11. The molecule has 0 unspecified atom stereocenters. The molecule has 2 aromatic carbocycles. The van der Waals surface area contributed by atoms with Gasteiger partial charge in [0.05, 0.1) is 19.8 Å². The number of hydrogen-bond acceptors (Lipinski definition) is 3. The van der Waals surface area contributed by atoms with Gasteiger partial charge in [0.2, 0.25) is 0 Å². The maximum atomic E-state index is 11.5. The Hall–Kier alpha value is -2.26. The zero-order valence-electron chi connectivity index (χ0n) is 23.9. The minimum atomic E-state index is -0.348.